The van der Waals surface area contributed by atoms with Crippen molar-refractivity contribution in [2.75, 3.05) is 6.54 Å². The standard InChI is InChI=1S/C16H21Cl2N3/c1-4-7-19-16(14-10-20-21(3)11(14)2)8-12-5-6-13(17)9-15(12)18/h5-6,9-10,16,19H,4,7-8H2,1-3H3. The van der Waals surface area contributed by atoms with E-state index in [-0.39, 0.29) is 6.04 Å². The minimum absolute atomic E-state index is 0.206. The van der Waals surface area contributed by atoms with Crippen LogP contribution in [0.4, 0.5) is 0 Å². The van der Waals surface area contributed by atoms with E-state index in [9.17, 15) is 0 Å². The van der Waals surface area contributed by atoms with E-state index >= 15 is 0 Å². The van der Waals surface area contributed by atoms with E-state index in [4.69, 9.17) is 23.2 Å². The molecule has 2 rings (SSSR count). The zero-order valence-electron chi connectivity index (χ0n) is 12.7. The van der Waals surface area contributed by atoms with Gasteiger partial charge in [0.15, 0.2) is 0 Å². The van der Waals surface area contributed by atoms with E-state index in [2.05, 4.69) is 24.3 Å². The summed E-state index contributed by atoms with van der Waals surface area (Å²) < 4.78 is 1.90. The van der Waals surface area contributed by atoms with Crippen molar-refractivity contribution in [2.24, 2.45) is 7.05 Å². The largest absolute Gasteiger partial charge is 0.310 e. The van der Waals surface area contributed by atoms with Crippen molar-refractivity contribution in [2.45, 2.75) is 32.7 Å². The molecule has 0 aliphatic carbocycles. The molecule has 0 fully saturated rings. The second-order valence-electron chi connectivity index (χ2n) is 5.26. The molecule has 1 atom stereocenters. The van der Waals surface area contributed by atoms with Gasteiger partial charge in [-0.05, 0) is 44.0 Å². The summed E-state index contributed by atoms with van der Waals surface area (Å²) in [6.45, 7) is 5.21. The summed E-state index contributed by atoms with van der Waals surface area (Å²) >= 11 is 12.3. The second kappa shape index (κ2) is 7.30. The SMILES string of the molecule is CCCNC(Cc1ccc(Cl)cc1Cl)c1cnn(C)c1C. The van der Waals surface area contributed by atoms with Crippen molar-refractivity contribution >= 4 is 23.2 Å². The van der Waals surface area contributed by atoms with Crippen LogP contribution in [0.3, 0.4) is 0 Å². The monoisotopic (exact) mass is 325 g/mol. The lowest BCUT2D eigenvalue weighted by Gasteiger charge is -2.19. The highest BCUT2D eigenvalue weighted by Gasteiger charge is 2.18. The fraction of sp³-hybridized carbons (Fsp3) is 0.438. The molecule has 3 nitrogen and oxygen atoms in total. The Bertz CT molecular complexity index is 608. The third kappa shape index (κ3) is 4.00. The Balaban J connectivity index is 2.26. The molecule has 1 aromatic heterocycles. The minimum atomic E-state index is 0.206. The normalized spacial score (nSPS) is 12.6. The molecule has 2 aromatic rings. The Hall–Kier alpha value is -1.03. The van der Waals surface area contributed by atoms with Crippen molar-refractivity contribution in [3.8, 4) is 0 Å². The topological polar surface area (TPSA) is 29.9 Å². The Morgan fingerprint density at radius 2 is 2.10 bits per heavy atom. The van der Waals surface area contributed by atoms with Gasteiger partial charge in [-0.15, -0.1) is 0 Å². The van der Waals surface area contributed by atoms with Crippen LogP contribution in [0.25, 0.3) is 0 Å². The number of aromatic nitrogens is 2. The van der Waals surface area contributed by atoms with Crippen LogP contribution in [0.5, 0.6) is 0 Å². The number of rotatable bonds is 6. The molecular weight excluding hydrogens is 305 g/mol. The fourth-order valence-corrected chi connectivity index (χ4v) is 2.86. The zero-order valence-corrected chi connectivity index (χ0v) is 14.2. The average Bonchev–Trinajstić information content (AvgIpc) is 2.77. The lowest BCUT2D eigenvalue weighted by atomic mass is 9.99. The maximum Gasteiger partial charge on any atom is 0.0540 e. The van der Waals surface area contributed by atoms with Gasteiger partial charge in [-0.3, -0.25) is 4.68 Å². The van der Waals surface area contributed by atoms with Gasteiger partial charge in [0.1, 0.15) is 0 Å². The van der Waals surface area contributed by atoms with Crippen LogP contribution in [0.15, 0.2) is 24.4 Å². The van der Waals surface area contributed by atoms with Crippen LogP contribution in [-0.4, -0.2) is 16.3 Å². The summed E-state index contributed by atoms with van der Waals surface area (Å²) in [6, 6.07) is 5.88. The molecule has 0 aliphatic heterocycles. The molecule has 114 valence electrons. The molecule has 5 heteroatoms. The first-order valence-corrected chi connectivity index (χ1v) is 7.94. The molecule has 1 unspecified atom stereocenters. The molecule has 21 heavy (non-hydrogen) atoms. The Morgan fingerprint density at radius 1 is 1.33 bits per heavy atom. The van der Waals surface area contributed by atoms with Gasteiger partial charge >= 0.3 is 0 Å². The molecule has 0 saturated heterocycles. The molecular formula is C16H21Cl2N3. The van der Waals surface area contributed by atoms with Crippen LogP contribution in [0.2, 0.25) is 10.0 Å². The van der Waals surface area contributed by atoms with Gasteiger partial charge in [0.05, 0.1) is 6.20 Å². The Morgan fingerprint density at radius 3 is 2.67 bits per heavy atom. The maximum absolute atomic E-state index is 6.31. The molecule has 1 heterocycles. The van der Waals surface area contributed by atoms with Crippen LogP contribution >= 0.6 is 23.2 Å². The highest BCUT2D eigenvalue weighted by molar-refractivity contribution is 6.35. The summed E-state index contributed by atoms with van der Waals surface area (Å²) in [5, 5.41) is 9.31. The first kappa shape index (κ1) is 16.3. The quantitative estimate of drug-likeness (QED) is 0.857. The van der Waals surface area contributed by atoms with Gasteiger partial charge in [-0.25, -0.2) is 0 Å². The van der Waals surface area contributed by atoms with E-state index in [0.29, 0.717) is 10.0 Å². The Kier molecular flexibility index (Phi) is 5.68. The summed E-state index contributed by atoms with van der Waals surface area (Å²) in [6.07, 6.45) is 3.85. The van der Waals surface area contributed by atoms with E-state index in [0.717, 1.165) is 24.9 Å². The van der Waals surface area contributed by atoms with Crippen molar-refractivity contribution in [1.82, 2.24) is 15.1 Å². The van der Waals surface area contributed by atoms with Gasteiger partial charge < -0.3 is 5.32 Å². The third-order valence-electron chi connectivity index (χ3n) is 3.73. The molecule has 0 bridgehead atoms. The van der Waals surface area contributed by atoms with Gasteiger partial charge in [0.25, 0.3) is 0 Å². The molecule has 1 aromatic carbocycles. The maximum atomic E-state index is 6.31. The number of hydrogen-bond donors (Lipinski definition) is 1. The van der Waals surface area contributed by atoms with Crippen LogP contribution in [0, 0.1) is 6.92 Å². The second-order valence-corrected chi connectivity index (χ2v) is 6.10. The van der Waals surface area contributed by atoms with Crippen LogP contribution in [0.1, 0.15) is 36.2 Å². The van der Waals surface area contributed by atoms with Crippen LogP contribution in [-0.2, 0) is 13.5 Å². The van der Waals surface area contributed by atoms with Gasteiger partial charge in [0, 0.05) is 34.4 Å². The highest BCUT2D eigenvalue weighted by atomic mass is 35.5. The number of nitrogens with one attached hydrogen (secondary N) is 1. The van der Waals surface area contributed by atoms with Crippen molar-refractivity contribution in [3.63, 3.8) is 0 Å². The average molecular weight is 326 g/mol. The molecule has 0 radical (unpaired) electrons. The van der Waals surface area contributed by atoms with Crippen molar-refractivity contribution < 1.29 is 0 Å². The van der Waals surface area contributed by atoms with E-state index < -0.39 is 0 Å². The predicted octanol–water partition coefficient (Wildman–Crippen LogP) is 4.32. The fourth-order valence-electron chi connectivity index (χ4n) is 2.38. The predicted molar refractivity (Wildman–Crippen MR) is 89.1 cm³/mol. The number of benzene rings is 1. The molecule has 0 spiro atoms. The van der Waals surface area contributed by atoms with E-state index in [1.54, 1.807) is 6.07 Å². The Labute approximate surface area is 136 Å². The van der Waals surface area contributed by atoms with E-state index in [1.807, 2.05) is 30.1 Å². The first-order chi connectivity index (χ1) is 10.0. The third-order valence-corrected chi connectivity index (χ3v) is 4.32. The first-order valence-electron chi connectivity index (χ1n) is 7.18. The van der Waals surface area contributed by atoms with E-state index in [1.165, 1.54) is 11.3 Å². The zero-order chi connectivity index (χ0) is 15.4. The lowest BCUT2D eigenvalue weighted by molar-refractivity contribution is 0.526. The molecule has 1 N–H and O–H groups in total. The molecule has 0 amide bonds. The highest BCUT2D eigenvalue weighted by Crippen LogP contribution is 2.27. The number of hydrogen-bond acceptors (Lipinski definition) is 2. The summed E-state index contributed by atoms with van der Waals surface area (Å²) in [7, 11) is 1.96. The van der Waals surface area contributed by atoms with Crippen molar-refractivity contribution in [3.05, 3.63) is 51.3 Å². The molecule has 0 saturated carbocycles. The number of aryl methyl sites for hydroxylation is 1. The van der Waals surface area contributed by atoms with Gasteiger partial charge in [-0.1, -0.05) is 36.2 Å². The minimum Gasteiger partial charge on any atom is -0.310 e. The molecule has 0 aliphatic rings. The van der Waals surface area contributed by atoms with Crippen molar-refractivity contribution in [1.29, 1.82) is 0 Å². The summed E-state index contributed by atoms with van der Waals surface area (Å²) in [4.78, 5) is 0. The number of nitrogens with zero attached hydrogens (tertiary/aromatic N) is 2. The lowest BCUT2D eigenvalue weighted by Crippen LogP contribution is -2.24. The number of halogens is 2. The van der Waals surface area contributed by atoms with Crippen LogP contribution < -0.4 is 5.32 Å². The summed E-state index contributed by atoms with van der Waals surface area (Å²) in [5.74, 6) is 0. The van der Waals surface area contributed by atoms with Gasteiger partial charge in [-0.2, -0.15) is 5.10 Å². The van der Waals surface area contributed by atoms with Gasteiger partial charge in [0.2, 0.25) is 0 Å². The summed E-state index contributed by atoms with van der Waals surface area (Å²) in [5.41, 5.74) is 3.49. The smallest absolute Gasteiger partial charge is 0.0540 e.